The normalized spacial score (nSPS) is 22.5. The highest BCUT2D eigenvalue weighted by molar-refractivity contribution is 5.99. The van der Waals surface area contributed by atoms with Crippen LogP contribution < -0.4 is 48.7 Å². The van der Waals surface area contributed by atoms with Gasteiger partial charge in [0.25, 0.3) is 0 Å². The number of unbranched alkanes of at least 4 members (excludes halogenated alkanes) is 2. The lowest BCUT2D eigenvalue weighted by Crippen LogP contribution is -2.63. The van der Waals surface area contributed by atoms with Gasteiger partial charge in [-0.15, -0.1) is 0 Å². The van der Waals surface area contributed by atoms with Crippen molar-refractivity contribution in [2.75, 3.05) is 13.2 Å². The van der Waals surface area contributed by atoms with Gasteiger partial charge in [-0.05, 0) is 75.3 Å². The van der Waals surface area contributed by atoms with E-state index in [1.807, 2.05) is 24.3 Å². The second-order valence-electron chi connectivity index (χ2n) is 18.2. The molecule has 4 aromatic rings. The van der Waals surface area contributed by atoms with Gasteiger partial charge in [0.05, 0.1) is 30.9 Å². The van der Waals surface area contributed by atoms with Crippen molar-refractivity contribution in [1.82, 2.24) is 42.2 Å². The number of hydrogen-bond acceptors (Lipinski definition) is 12. The molecule has 7 amide bonds. The Balaban J connectivity index is 1.54. The maximum atomic E-state index is 14.7. The fourth-order valence-corrected chi connectivity index (χ4v) is 8.34. The SMILES string of the molecule is C[C@@H](O)[C@@H]1NC(=O)[C@H](CCCCN)NC(=O)[C@@H](Cc2c[nH]c3ccccc23)NC(=O)[C@H](Cc2ccccc2)NC(=O)[C@H](CCCC[C@H](N)C(=O)N[C@H](CO)[C@@H](C)O)NC(=O)[C@@H](Cc2ccccc2)NC1=O. The first-order valence-electron chi connectivity index (χ1n) is 24.3. The van der Waals surface area contributed by atoms with E-state index in [4.69, 9.17) is 11.5 Å². The number of para-hydroxylation sites is 1. The lowest BCUT2D eigenvalue weighted by atomic mass is 9.99. The number of H-pyrrole nitrogens is 1. The average Bonchev–Trinajstić information content (AvgIpc) is 3.76. The highest BCUT2D eigenvalue weighted by atomic mass is 16.3. The van der Waals surface area contributed by atoms with E-state index in [1.54, 1.807) is 66.9 Å². The molecular formula is C51H70N10O10. The molecule has 1 saturated heterocycles. The number of aliphatic hydroxyl groups is 3. The van der Waals surface area contributed by atoms with E-state index in [9.17, 15) is 48.9 Å². The Labute approximate surface area is 413 Å². The second-order valence-corrected chi connectivity index (χ2v) is 18.2. The number of nitrogens with one attached hydrogen (secondary N) is 8. The van der Waals surface area contributed by atoms with Crippen LogP contribution in [0, 0.1) is 0 Å². The fraction of sp³-hybridized carbons (Fsp3) is 0.471. The summed E-state index contributed by atoms with van der Waals surface area (Å²) >= 11 is 0. The number of benzene rings is 3. The zero-order valence-corrected chi connectivity index (χ0v) is 40.3. The molecule has 1 aliphatic heterocycles. The third-order valence-electron chi connectivity index (χ3n) is 12.5. The first kappa shape index (κ1) is 55.2. The molecular weight excluding hydrogens is 913 g/mol. The van der Waals surface area contributed by atoms with Gasteiger partial charge >= 0.3 is 0 Å². The molecule has 2 heterocycles. The van der Waals surface area contributed by atoms with E-state index < -0.39 is 108 Å². The highest BCUT2D eigenvalue weighted by Gasteiger charge is 2.37. The Hall–Kier alpha value is -6.71. The molecule has 1 aliphatic rings. The molecule has 0 bridgehead atoms. The first-order valence-corrected chi connectivity index (χ1v) is 24.3. The van der Waals surface area contributed by atoms with Crippen molar-refractivity contribution in [2.24, 2.45) is 11.5 Å². The van der Waals surface area contributed by atoms with Gasteiger partial charge in [-0.2, -0.15) is 0 Å². The van der Waals surface area contributed by atoms with Crippen molar-refractivity contribution >= 4 is 52.3 Å². The monoisotopic (exact) mass is 983 g/mol. The molecule has 0 radical (unpaired) electrons. The molecule has 20 nitrogen and oxygen atoms in total. The molecule has 0 spiro atoms. The number of carbonyl (C=O) groups is 7. The smallest absolute Gasteiger partial charge is 0.245 e. The zero-order valence-electron chi connectivity index (χ0n) is 40.3. The molecule has 5 rings (SSSR count). The van der Waals surface area contributed by atoms with Gasteiger partial charge in [0.15, 0.2) is 0 Å². The van der Waals surface area contributed by atoms with Crippen LogP contribution in [0.15, 0.2) is 91.1 Å². The number of carbonyl (C=O) groups excluding carboxylic acids is 7. The minimum Gasteiger partial charge on any atom is -0.394 e. The quantitative estimate of drug-likeness (QED) is 0.0493. The topological polar surface area (TPSA) is 332 Å². The number of nitrogens with two attached hydrogens (primary N) is 2. The summed E-state index contributed by atoms with van der Waals surface area (Å²) < 4.78 is 0. The number of rotatable bonds is 20. The van der Waals surface area contributed by atoms with Gasteiger partial charge in [0.1, 0.15) is 36.3 Å². The maximum Gasteiger partial charge on any atom is 0.245 e. The molecule has 20 heteroatoms. The number of fused-ring (bicyclic) bond motifs is 1. The first-order chi connectivity index (χ1) is 34.1. The number of aromatic nitrogens is 1. The van der Waals surface area contributed by atoms with Gasteiger partial charge in [0, 0.05) is 36.4 Å². The second kappa shape index (κ2) is 27.6. The van der Waals surface area contributed by atoms with Gasteiger partial charge < -0.3 is 69.0 Å². The van der Waals surface area contributed by atoms with Crippen molar-refractivity contribution in [3.05, 3.63) is 108 Å². The summed E-state index contributed by atoms with van der Waals surface area (Å²) in [4.78, 5) is 103. The van der Waals surface area contributed by atoms with E-state index in [1.165, 1.54) is 13.8 Å². The van der Waals surface area contributed by atoms with Crippen LogP contribution in [0.4, 0.5) is 0 Å². The molecule has 1 fully saturated rings. The van der Waals surface area contributed by atoms with Crippen molar-refractivity contribution in [2.45, 2.75) is 139 Å². The number of hydrogen-bond donors (Lipinski definition) is 13. The molecule has 0 unspecified atom stereocenters. The molecule has 384 valence electrons. The van der Waals surface area contributed by atoms with E-state index in [-0.39, 0.29) is 51.4 Å². The lowest BCUT2D eigenvalue weighted by Gasteiger charge is -2.30. The standard InChI is InChI=1S/C51H70N10O10/c1-30(63)43(29-62)60-45(65)36(53)20-10-12-22-38-46(66)57-40(25-32-15-5-3-6-16-32)49(69)58-42(27-34-28-54-37-21-11-9-19-35(34)37)50(70)56-39(23-13-14-24-52)47(67)61-44(31(2)64)51(71)59-41(48(68)55-38)26-33-17-7-4-8-18-33/h3-9,11,15-19,21,28,30-31,36,38-44,54,62-64H,10,12-14,20,22-27,29,52-53H2,1-2H3,(H,55,68)(H,56,70)(H,57,66)(H,58,69)(H,59,71)(H,60,65)(H,61,67)/t30-,31-,36+,38+,39+,40+,41-,42-,43-,44+/m1/s1. The largest absolute Gasteiger partial charge is 0.394 e. The van der Waals surface area contributed by atoms with Crippen LogP contribution in [0.1, 0.15) is 75.5 Å². The van der Waals surface area contributed by atoms with E-state index in [2.05, 4.69) is 42.2 Å². The summed E-state index contributed by atoms with van der Waals surface area (Å²) in [6.07, 6.45) is 0.575. The number of aromatic amines is 1. The van der Waals surface area contributed by atoms with Crippen LogP contribution in [0.5, 0.6) is 0 Å². The van der Waals surface area contributed by atoms with E-state index >= 15 is 0 Å². The van der Waals surface area contributed by atoms with Crippen molar-refractivity contribution in [1.29, 1.82) is 0 Å². The van der Waals surface area contributed by atoms with Crippen LogP contribution in [0.3, 0.4) is 0 Å². The summed E-state index contributed by atoms with van der Waals surface area (Å²) in [6, 6.07) is 14.8. The minimum absolute atomic E-state index is 0.0337. The molecule has 15 N–H and O–H groups in total. The third kappa shape index (κ3) is 16.7. The zero-order chi connectivity index (χ0) is 51.5. The van der Waals surface area contributed by atoms with Gasteiger partial charge in [-0.25, -0.2) is 0 Å². The summed E-state index contributed by atoms with van der Waals surface area (Å²) in [5, 5.41) is 50.2. The Morgan fingerprint density at radius 1 is 0.606 bits per heavy atom. The molecule has 0 saturated carbocycles. The Morgan fingerprint density at radius 3 is 1.59 bits per heavy atom. The number of aliphatic hydroxyl groups excluding tert-OH is 3. The van der Waals surface area contributed by atoms with E-state index in [0.717, 1.165) is 10.9 Å². The average molecular weight is 983 g/mol. The predicted octanol–water partition coefficient (Wildman–Crippen LogP) is -0.626. The molecule has 3 aromatic carbocycles. The fourth-order valence-electron chi connectivity index (χ4n) is 8.34. The Bertz CT molecular complexity index is 2380. The highest BCUT2D eigenvalue weighted by Crippen LogP contribution is 2.20. The van der Waals surface area contributed by atoms with Gasteiger partial charge in [-0.3, -0.25) is 33.6 Å². The number of amides is 7. The molecule has 1 aromatic heterocycles. The van der Waals surface area contributed by atoms with Crippen LogP contribution in [0.2, 0.25) is 0 Å². The predicted molar refractivity (Wildman–Crippen MR) is 266 cm³/mol. The summed E-state index contributed by atoms with van der Waals surface area (Å²) in [7, 11) is 0. The van der Waals surface area contributed by atoms with Crippen LogP contribution in [-0.2, 0) is 52.8 Å². The molecule has 0 aliphatic carbocycles. The van der Waals surface area contributed by atoms with Crippen molar-refractivity contribution < 1.29 is 48.9 Å². The molecule has 10 atom stereocenters. The van der Waals surface area contributed by atoms with Crippen LogP contribution >= 0.6 is 0 Å². The Morgan fingerprint density at radius 2 is 1.07 bits per heavy atom. The summed E-state index contributed by atoms with van der Waals surface area (Å²) in [6.45, 7) is 2.49. The van der Waals surface area contributed by atoms with Gasteiger partial charge in [-0.1, -0.05) is 91.7 Å². The minimum atomic E-state index is -1.62. The van der Waals surface area contributed by atoms with Crippen LogP contribution in [-0.4, -0.2) is 135 Å². The lowest BCUT2D eigenvalue weighted by molar-refractivity contribution is -0.137. The summed E-state index contributed by atoms with van der Waals surface area (Å²) in [5.41, 5.74) is 14.7. The summed E-state index contributed by atoms with van der Waals surface area (Å²) in [5.74, 6) is -5.37. The Kier molecular flexibility index (Phi) is 21.5. The van der Waals surface area contributed by atoms with Crippen molar-refractivity contribution in [3.8, 4) is 0 Å². The van der Waals surface area contributed by atoms with Gasteiger partial charge in [0.2, 0.25) is 41.4 Å². The maximum absolute atomic E-state index is 14.7. The van der Waals surface area contributed by atoms with E-state index in [0.29, 0.717) is 36.1 Å². The third-order valence-corrected chi connectivity index (χ3v) is 12.5. The van der Waals surface area contributed by atoms with Crippen LogP contribution in [0.25, 0.3) is 10.9 Å². The van der Waals surface area contributed by atoms with Crippen molar-refractivity contribution in [3.63, 3.8) is 0 Å². The molecule has 71 heavy (non-hydrogen) atoms.